The molecule has 3 aromatic carbocycles. The highest BCUT2D eigenvalue weighted by molar-refractivity contribution is 7.97. The van der Waals surface area contributed by atoms with Gasteiger partial charge in [0.15, 0.2) is 0 Å². The Kier molecular flexibility index (Phi) is 6.75. The third kappa shape index (κ3) is 5.19. The molecular formula is C29H30N4OS. The van der Waals surface area contributed by atoms with Crippen molar-refractivity contribution in [3.63, 3.8) is 0 Å². The van der Waals surface area contributed by atoms with E-state index in [9.17, 15) is 4.79 Å². The van der Waals surface area contributed by atoms with Gasteiger partial charge in [0.25, 0.3) is 0 Å². The third-order valence-electron chi connectivity index (χ3n) is 6.47. The lowest BCUT2D eigenvalue weighted by atomic mass is 9.95. The average Bonchev–Trinajstić information content (AvgIpc) is 3.39. The molecule has 1 aliphatic rings. The molecule has 1 atom stereocenters. The van der Waals surface area contributed by atoms with Crippen molar-refractivity contribution >= 4 is 17.9 Å². The number of fused-ring (bicyclic) bond motifs is 1. The van der Waals surface area contributed by atoms with E-state index >= 15 is 0 Å². The largest absolute Gasteiger partial charge is 0.351 e. The molecule has 5 rings (SSSR count). The van der Waals surface area contributed by atoms with Gasteiger partial charge in [-0.2, -0.15) is 5.10 Å². The second-order valence-corrected chi connectivity index (χ2v) is 10.3. The summed E-state index contributed by atoms with van der Waals surface area (Å²) in [6.45, 7) is 7.65. The van der Waals surface area contributed by atoms with Gasteiger partial charge in [0.05, 0.1) is 5.69 Å². The van der Waals surface area contributed by atoms with Crippen LogP contribution in [0, 0.1) is 20.8 Å². The number of rotatable bonds is 6. The van der Waals surface area contributed by atoms with Crippen LogP contribution in [0.1, 0.15) is 33.4 Å². The highest BCUT2D eigenvalue weighted by Crippen LogP contribution is 2.36. The van der Waals surface area contributed by atoms with Gasteiger partial charge < -0.3 is 5.32 Å². The van der Waals surface area contributed by atoms with Crippen LogP contribution in [0.15, 0.2) is 84.0 Å². The number of aryl methyl sites for hydroxylation is 3. The van der Waals surface area contributed by atoms with Crippen molar-refractivity contribution in [2.45, 2.75) is 51.2 Å². The Balaban J connectivity index is 1.36. The molecule has 0 saturated carbocycles. The Hall–Kier alpha value is -3.35. The number of benzene rings is 3. The monoisotopic (exact) mass is 482 g/mol. The summed E-state index contributed by atoms with van der Waals surface area (Å²) in [6, 6.07) is 22.7. The molecule has 178 valence electrons. The van der Waals surface area contributed by atoms with Crippen LogP contribution in [0.3, 0.4) is 0 Å². The molecule has 0 spiro atoms. The van der Waals surface area contributed by atoms with Crippen LogP contribution < -0.4 is 5.32 Å². The summed E-state index contributed by atoms with van der Waals surface area (Å²) >= 11 is 1.71. The standard InChI is InChI=1S/C29H30N4OS/c1-20-14-21(2)28(22(3)15-20)35-33-19-25-10-5-4-9-24(25)17-27(33)29(34)30-18-23-8-6-11-26(16-23)32-13-7-12-31-32/h4-16,27H,17-19H2,1-3H3,(H,30,34). The van der Waals surface area contributed by atoms with E-state index in [4.69, 9.17) is 0 Å². The first-order chi connectivity index (χ1) is 17.0. The molecule has 0 fully saturated rings. The third-order valence-corrected chi connectivity index (χ3v) is 7.91. The lowest BCUT2D eigenvalue weighted by Gasteiger charge is -2.35. The number of nitrogens with zero attached hydrogens (tertiary/aromatic N) is 3. The minimum absolute atomic E-state index is 0.0545. The highest BCUT2D eigenvalue weighted by atomic mass is 32.2. The van der Waals surface area contributed by atoms with Gasteiger partial charge in [-0.1, -0.05) is 54.1 Å². The van der Waals surface area contributed by atoms with Crippen molar-refractivity contribution in [1.29, 1.82) is 0 Å². The van der Waals surface area contributed by atoms with Gasteiger partial charge in [0.2, 0.25) is 5.91 Å². The maximum atomic E-state index is 13.5. The highest BCUT2D eigenvalue weighted by Gasteiger charge is 2.32. The summed E-state index contributed by atoms with van der Waals surface area (Å²) in [4.78, 5) is 14.8. The van der Waals surface area contributed by atoms with Crippen LogP contribution in [0.5, 0.6) is 0 Å². The van der Waals surface area contributed by atoms with Crippen molar-refractivity contribution in [2.75, 3.05) is 0 Å². The number of aromatic nitrogens is 2. The average molecular weight is 483 g/mol. The topological polar surface area (TPSA) is 50.2 Å². The number of carbonyl (C=O) groups excluding carboxylic acids is 1. The second-order valence-electron chi connectivity index (χ2n) is 9.22. The molecule has 5 nitrogen and oxygen atoms in total. The van der Waals surface area contributed by atoms with Crippen LogP contribution in [0.4, 0.5) is 0 Å². The first kappa shape index (κ1) is 23.4. The van der Waals surface area contributed by atoms with E-state index in [1.807, 2.05) is 35.1 Å². The van der Waals surface area contributed by atoms with Gasteiger partial charge in [-0.3, -0.25) is 4.79 Å². The molecule has 0 radical (unpaired) electrons. The quantitative estimate of drug-likeness (QED) is 0.366. The Bertz CT molecular complexity index is 1330. The molecule has 35 heavy (non-hydrogen) atoms. The smallest absolute Gasteiger partial charge is 0.238 e. The van der Waals surface area contributed by atoms with Crippen LogP contribution in [-0.2, 0) is 24.3 Å². The maximum Gasteiger partial charge on any atom is 0.238 e. The molecule has 0 aliphatic carbocycles. The number of hydrogen-bond donors (Lipinski definition) is 1. The van der Waals surface area contributed by atoms with E-state index in [0.717, 1.165) is 17.8 Å². The number of carbonyl (C=O) groups is 1. The van der Waals surface area contributed by atoms with Crippen LogP contribution in [-0.4, -0.2) is 26.0 Å². The number of hydrogen-bond acceptors (Lipinski definition) is 4. The summed E-state index contributed by atoms with van der Waals surface area (Å²) in [5.74, 6) is 0.0545. The molecular weight excluding hydrogens is 452 g/mol. The molecule has 6 heteroatoms. The SMILES string of the molecule is Cc1cc(C)c(SN2Cc3ccccc3CC2C(=O)NCc2cccc(-n3cccn3)c2)c(C)c1. The number of amides is 1. The van der Waals surface area contributed by atoms with Gasteiger partial charge in [0, 0.05) is 30.4 Å². The van der Waals surface area contributed by atoms with E-state index in [2.05, 4.69) is 78.0 Å². The normalized spacial score (nSPS) is 15.6. The molecule has 1 amide bonds. The molecule has 1 N–H and O–H groups in total. The summed E-state index contributed by atoms with van der Waals surface area (Å²) in [7, 11) is 0. The Morgan fingerprint density at radius 2 is 1.77 bits per heavy atom. The first-order valence-electron chi connectivity index (χ1n) is 11.9. The molecule has 0 bridgehead atoms. The van der Waals surface area contributed by atoms with E-state index in [1.54, 1.807) is 18.1 Å². The van der Waals surface area contributed by atoms with Gasteiger partial charge >= 0.3 is 0 Å². The van der Waals surface area contributed by atoms with E-state index in [1.165, 1.54) is 32.7 Å². The van der Waals surface area contributed by atoms with Crippen molar-refractivity contribution in [2.24, 2.45) is 0 Å². The van der Waals surface area contributed by atoms with Gasteiger partial charge in [-0.15, -0.1) is 0 Å². The van der Waals surface area contributed by atoms with E-state index in [0.29, 0.717) is 13.0 Å². The lowest BCUT2D eigenvalue weighted by molar-refractivity contribution is -0.125. The van der Waals surface area contributed by atoms with Gasteiger partial charge in [-0.25, -0.2) is 8.99 Å². The first-order valence-corrected chi connectivity index (χ1v) is 12.7. The zero-order chi connectivity index (χ0) is 24.4. The number of nitrogens with one attached hydrogen (secondary N) is 1. The summed E-state index contributed by atoms with van der Waals surface area (Å²) < 4.78 is 4.08. The predicted molar refractivity (Wildman–Crippen MR) is 141 cm³/mol. The van der Waals surface area contributed by atoms with Crippen molar-refractivity contribution in [1.82, 2.24) is 19.4 Å². The molecule has 1 aromatic heterocycles. The van der Waals surface area contributed by atoms with Crippen molar-refractivity contribution < 1.29 is 4.79 Å². The molecule has 1 aliphatic heterocycles. The Morgan fingerprint density at radius 3 is 2.51 bits per heavy atom. The molecule has 0 saturated heterocycles. The summed E-state index contributed by atoms with van der Waals surface area (Å²) in [5, 5.41) is 7.51. The zero-order valence-electron chi connectivity index (χ0n) is 20.4. The van der Waals surface area contributed by atoms with Crippen LogP contribution in [0.2, 0.25) is 0 Å². The maximum absolute atomic E-state index is 13.5. The minimum atomic E-state index is -0.246. The fraction of sp³-hybridized carbons (Fsp3) is 0.241. The Morgan fingerprint density at radius 1 is 1.00 bits per heavy atom. The molecule has 4 aromatic rings. The summed E-state index contributed by atoms with van der Waals surface area (Å²) in [5.41, 5.74) is 8.34. The lowest BCUT2D eigenvalue weighted by Crippen LogP contribution is -2.47. The van der Waals surface area contributed by atoms with Gasteiger partial charge in [0.1, 0.15) is 6.04 Å². The summed E-state index contributed by atoms with van der Waals surface area (Å²) in [6.07, 6.45) is 4.38. The van der Waals surface area contributed by atoms with Crippen LogP contribution in [0.25, 0.3) is 5.69 Å². The van der Waals surface area contributed by atoms with Crippen molar-refractivity contribution in [3.05, 3.63) is 113 Å². The zero-order valence-corrected chi connectivity index (χ0v) is 21.2. The predicted octanol–water partition coefficient (Wildman–Crippen LogP) is 5.55. The minimum Gasteiger partial charge on any atom is -0.351 e. The second kappa shape index (κ2) is 10.1. The van der Waals surface area contributed by atoms with Crippen LogP contribution >= 0.6 is 11.9 Å². The Labute approximate surface area is 211 Å². The molecule has 1 unspecified atom stereocenters. The van der Waals surface area contributed by atoms with E-state index < -0.39 is 0 Å². The fourth-order valence-electron chi connectivity index (χ4n) is 4.78. The van der Waals surface area contributed by atoms with Gasteiger partial charge in [-0.05, 0) is 85.2 Å². The van der Waals surface area contributed by atoms with E-state index in [-0.39, 0.29) is 11.9 Å². The fourth-order valence-corrected chi connectivity index (χ4v) is 5.93. The van der Waals surface area contributed by atoms with Crippen molar-refractivity contribution in [3.8, 4) is 5.69 Å². The molecule has 2 heterocycles.